The second-order valence-corrected chi connectivity index (χ2v) is 2.39. The molecule has 1 aromatic rings. The van der Waals surface area contributed by atoms with Crippen molar-refractivity contribution in [2.45, 2.75) is 5.54 Å². The minimum atomic E-state index is -1.46. The number of hydrogen-bond acceptors (Lipinski definition) is 6. The second-order valence-electron chi connectivity index (χ2n) is 2.39. The average molecular weight is 179 g/mol. The summed E-state index contributed by atoms with van der Waals surface area (Å²) in [6.45, 7) is -1.77. The van der Waals surface area contributed by atoms with Crippen LogP contribution in [0.3, 0.4) is 0 Å². The lowest BCUT2D eigenvalue weighted by Crippen LogP contribution is -2.47. The van der Waals surface area contributed by atoms with Gasteiger partial charge in [-0.05, 0) is 4.91 Å². The number of aliphatic hydroxyl groups is 3. The van der Waals surface area contributed by atoms with Gasteiger partial charge >= 0.3 is 5.82 Å². The van der Waals surface area contributed by atoms with E-state index in [0.717, 1.165) is 0 Å². The van der Waals surface area contributed by atoms with E-state index in [9.17, 15) is 4.79 Å². The molecule has 1 heterocycles. The Morgan fingerprint density at radius 2 is 1.58 bits per heavy atom. The van der Waals surface area contributed by atoms with Crippen LogP contribution in [0.1, 0.15) is 0 Å². The van der Waals surface area contributed by atoms with E-state index in [2.05, 4.69) is 9.05 Å². The summed E-state index contributed by atoms with van der Waals surface area (Å²) in [5, 5.41) is 26.3. The molecule has 1 aromatic heterocycles. The van der Waals surface area contributed by atoms with Crippen molar-refractivity contribution in [2.75, 3.05) is 19.8 Å². The first kappa shape index (κ1) is 9.04. The third-order valence-electron chi connectivity index (χ3n) is 1.59. The number of rotatable bonds is 4. The third-order valence-corrected chi connectivity index (χ3v) is 1.59. The van der Waals surface area contributed by atoms with Gasteiger partial charge in [0.1, 0.15) is 0 Å². The van der Waals surface area contributed by atoms with Crippen LogP contribution < -0.4 is 5.82 Å². The molecule has 0 saturated carbocycles. The van der Waals surface area contributed by atoms with Crippen molar-refractivity contribution in [1.82, 2.24) is 4.91 Å². The quantitative estimate of drug-likeness (QED) is 0.479. The molecule has 0 bridgehead atoms. The molecule has 7 heteroatoms. The Morgan fingerprint density at radius 3 is 1.83 bits per heavy atom. The van der Waals surface area contributed by atoms with Crippen molar-refractivity contribution in [3.8, 4) is 0 Å². The summed E-state index contributed by atoms with van der Waals surface area (Å²) in [4.78, 5) is 10.8. The predicted molar refractivity (Wildman–Crippen MR) is 34.5 cm³/mol. The maximum Gasteiger partial charge on any atom is 0.563 e. The van der Waals surface area contributed by atoms with Crippen molar-refractivity contribution in [1.29, 1.82) is 0 Å². The van der Waals surface area contributed by atoms with Crippen molar-refractivity contribution in [2.24, 2.45) is 0 Å². The van der Waals surface area contributed by atoms with Crippen molar-refractivity contribution in [3.05, 3.63) is 10.6 Å². The Kier molecular flexibility index (Phi) is 2.36. The summed E-state index contributed by atoms with van der Waals surface area (Å²) >= 11 is 0. The van der Waals surface area contributed by atoms with E-state index < -0.39 is 31.2 Å². The topological polar surface area (TPSA) is 109 Å². The fourth-order valence-electron chi connectivity index (χ4n) is 0.659. The summed E-state index contributed by atoms with van der Waals surface area (Å²) in [6.07, 6.45) is 0. The molecule has 12 heavy (non-hydrogen) atoms. The highest BCUT2D eigenvalue weighted by Crippen LogP contribution is 2.13. The van der Waals surface area contributed by atoms with E-state index in [1.165, 1.54) is 0 Å². The fraction of sp³-hybridized carbons (Fsp3) is 0.800. The SMILES string of the molecule is O=c1on(C(CO)(CO)CO)o1. The molecule has 0 amide bonds. The molecule has 0 atom stereocenters. The first-order chi connectivity index (χ1) is 5.68. The van der Waals surface area contributed by atoms with Crippen LogP contribution in [0.25, 0.3) is 0 Å². The number of nitrogens with zero attached hydrogens (tertiary/aromatic N) is 1. The standard InChI is InChI=1S/C5H9NO6/c7-1-5(2-8,3-9)6-11-4(10)12-6/h7-9H,1-3H2. The van der Waals surface area contributed by atoms with Crippen LogP contribution >= 0.6 is 0 Å². The van der Waals surface area contributed by atoms with Crippen molar-refractivity contribution < 1.29 is 24.4 Å². The minimum Gasteiger partial charge on any atom is -0.393 e. The molecule has 0 aliphatic carbocycles. The molecule has 1 rings (SSSR count). The van der Waals surface area contributed by atoms with Crippen molar-refractivity contribution >= 4 is 0 Å². The van der Waals surface area contributed by atoms with Gasteiger partial charge in [0.2, 0.25) is 0 Å². The molecule has 70 valence electrons. The zero-order valence-corrected chi connectivity index (χ0v) is 6.13. The molecule has 0 saturated heterocycles. The van der Waals surface area contributed by atoms with Gasteiger partial charge in [-0.1, -0.05) is 0 Å². The summed E-state index contributed by atoms with van der Waals surface area (Å²) in [6, 6.07) is 0. The number of aliphatic hydroxyl groups excluding tert-OH is 3. The van der Waals surface area contributed by atoms with E-state index in [4.69, 9.17) is 15.3 Å². The lowest BCUT2D eigenvalue weighted by atomic mass is 10.1. The van der Waals surface area contributed by atoms with Gasteiger partial charge in [0, 0.05) is 0 Å². The molecule has 0 aliphatic rings. The molecule has 0 unspecified atom stereocenters. The molecule has 0 aromatic carbocycles. The molecule has 7 nitrogen and oxygen atoms in total. The molecular weight excluding hydrogens is 170 g/mol. The van der Waals surface area contributed by atoms with Gasteiger partial charge in [-0.25, -0.2) is 0 Å². The van der Waals surface area contributed by atoms with E-state index in [1.807, 2.05) is 0 Å². The van der Waals surface area contributed by atoms with Crippen LogP contribution in [0.4, 0.5) is 0 Å². The highest BCUT2D eigenvalue weighted by atomic mass is 16.8. The molecule has 0 radical (unpaired) electrons. The summed E-state index contributed by atoms with van der Waals surface area (Å²) in [5.74, 6) is -0.935. The summed E-state index contributed by atoms with van der Waals surface area (Å²) in [5.41, 5.74) is -1.46. The van der Waals surface area contributed by atoms with Gasteiger partial charge in [-0.15, -0.1) is 0 Å². The Labute approximate surface area is 66.4 Å². The maximum absolute atomic E-state index is 10.2. The molecule has 0 spiro atoms. The highest BCUT2D eigenvalue weighted by Gasteiger charge is 2.36. The Hall–Kier alpha value is -1.05. The third kappa shape index (κ3) is 1.17. The highest BCUT2D eigenvalue weighted by molar-refractivity contribution is 4.77. The molecule has 0 fully saturated rings. The van der Waals surface area contributed by atoms with Crippen LogP contribution in [0.2, 0.25) is 0 Å². The normalized spacial score (nSPS) is 12.2. The lowest BCUT2D eigenvalue weighted by molar-refractivity contribution is -0.186. The maximum atomic E-state index is 10.2. The van der Waals surface area contributed by atoms with Gasteiger partial charge in [0.15, 0.2) is 5.54 Å². The number of hydrogen-bond donors (Lipinski definition) is 3. The lowest BCUT2D eigenvalue weighted by Gasteiger charge is -2.25. The van der Waals surface area contributed by atoms with Crippen LogP contribution in [-0.4, -0.2) is 40.1 Å². The largest absolute Gasteiger partial charge is 0.563 e. The van der Waals surface area contributed by atoms with Gasteiger partial charge in [0.05, 0.1) is 19.8 Å². The van der Waals surface area contributed by atoms with Crippen molar-refractivity contribution in [3.63, 3.8) is 0 Å². The number of aromatic nitrogens is 1. The Morgan fingerprint density at radius 1 is 1.17 bits per heavy atom. The zero-order chi connectivity index (χ0) is 9.19. The van der Waals surface area contributed by atoms with Crippen LogP contribution in [0.15, 0.2) is 13.8 Å². The first-order valence-corrected chi connectivity index (χ1v) is 3.21. The molecule has 3 N–H and O–H groups in total. The van der Waals surface area contributed by atoms with E-state index in [-0.39, 0.29) is 0 Å². The first-order valence-electron chi connectivity index (χ1n) is 3.21. The summed E-state index contributed by atoms with van der Waals surface area (Å²) in [7, 11) is 0. The monoisotopic (exact) mass is 179 g/mol. The van der Waals surface area contributed by atoms with Crippen LogP contribution in [-0.2, 0) is 5.54 Å². The Balaban J connectivity index is 2.88. The average Bonchev–Trinajstić information content (AvgIpc) is 2.05. The van der Waals surface area contributed by atoms with Gasteiger partial charge in [-0.3, -0.25) is 9.05 Å². The molecule has 0 aliphatic heterocycles. The zero-order valence-electron chi connectivity index (χ0n) is 6.13. The Bertz CT molecular complexity index is 255. The van der Waals surface area contributed by atoms with Gasteiger partial charge < -0.3 is 15.3 Å². The fourth-order valence-corrected chi connectivity index (χ4v) is 0.659. The van der Waals surface area contributed by atoms with Crippen LogP contribution in [0, 0.1) is 0 Å². The minimum absolute atomic E-state index is 0.579. The van der Waals surface area contributed by atoms with Crippen LogP contribution in [0.5, 0.6) is 0 Å². The second kappa shape index (κ2) is 3.13. The van der Waals surface area contributed by atoms with E-state index in [1.54, 1.807) is 0 Å². The van der Waals surface area contributed by atoms with Gasteiger partial charge in [0.25, 0.3) is 0 Å². The molecular formula is C5H9NO6. The predicted octanol–water partition coefficient (Wildman–Crippen LogP) is -2.29. The smallest absolute Gasteiger partial charge is 0.393 e. The van der Waals surface area contributed by atoms with Gasteiger partial charge in [-0.2, -0.15) is 4.79 Å². The van der Waals surface area contributed by atoms with E-state index in [0.29, 0.717) is 4.91 Å². The van der Waals surface area contributed by atoms with E-state index >= 15 is 0 Å². The summed E-state index contributed by atoms with van der Waals surface area (Å²) < 4.78 is 8.54.